The van der Waals surface area contributed by atoms with Gasteiger partial charge in [-0.15, -0.1) is 0 Å². The Labute approximate surface area is 113 Å². The summed E-state index contributed by atoms with van der Waals surface area (Å²) in [6.45, 7) is 6.33. The molecule has 4 heteroatoms. The van der Waals surface area contributed by atoms with Crippen LogP contribution in [0.1, 0.15) is 36.6 Å². The van der Waals surface area contributed by atoms with E-state index in [2.05, 4.69) is 31.1 Å². The van der Waals surface area contributed by atoms with Gasteiger partial charge < -0.3 is 5.73 Å². The maximum atomic E-state index is 5.68. The Bertz CT molecular complexity index is 584. The molecule has 0 saturated heterocycles. The van der Waals surface area contributed by atoms with Gasteiger partial charge in [0.05, 0.1) is 23.1 Å². The van der Waals surface area contributed by atoms with Gasteiger partial charge in [0, 0.05) is 0 Å². The lowest BCUT2D eigenvalue weighted by atomic mass is 10.0. The predicted molar refractivity (Wildman–Crippen MR) is 78.3 cm³/mol. The molecule has 0 saturated carbocycles. The van der Waals surface area contributed by atoms with Crippen molar-refractivity contribution in [1.82, 2.24) is 9.78 Å². The summed E-state index contributed by atoms with van der Waals surface area (Å²) in [5.74, 6) is 0.443. The van der Waals surface area contributed by atoms with E-state index < -0.39 is 0 Å². The minimum Gasteiger partial charge on any atom is -0.389 e. The van der Waals surface area contributed by atoms with Gasteiger partial charge in [-0.1, -0.05) is 44.3 Å². The highest BCUT2D eigenvalue weighted by Gasteiger charge is 2.13. The molecule has 0 radical (unpaired) electrons. The van der Waals surface area contributed by atoms with E-state index in [0.717, 1.165) is 16.9 Å². The number of para-hydroxylation sites is 1. The Kier molecular flexibility index (Phi) is 3.48. The Morgan fingerprint density at radius 2 is 2.00 bits per heavy atom. The van der Waals surface area contributed by atoms with Crippen LogP contribution in [0.25, 0.3) is 5.69 Å². The molecule has 0 aliphatic heterocycles. The van der Waals surface area contributed by atoms with Crippen LogP contribution in [0.15, 0.2) is 30.5 Å². The lowest BCUT2D eigenvalue weighted by Gasteiger charge is -2.14. The zero-order valence-electron chi connectivity index (χ0n) is 10.8. The summed E-state index contributed by atoms with van der Waals surface area (Å²) in [5, 5.41) is 4.40. The number of benzene rings is 1. The van der Waals surface area contributed by atoms with Crippen molar-refractivity contribution < 1.29 is 0 Å². The molecule has 18 heavy (non-hydrogen) atoms. The topological polar surface area (TPSA) is 43.8 Å². The lowest BCUT2D eigenvalue weighted by Crippen LogP contribution is -2.11. The van der Waals surface area contributed by atoms with Crippen LogP contribution < -0.4 is 5.73 Å². The lowest BCUT2D eigenvalue weighted by molar-refractivity contribution is 0.793. The number of hydrogen-bond acceptors (Lipinski definition) is 2. The standard InChI is InChI=1S/C14H17N3S/c1-9(2)11-6-4-5-7-13(11)17-10(3)12(8-16-17)14(15)18/h4-9H,1-3H3,(H2,15,18). The summed E-state index contributed by atoms with van der Waals surface area (Å²) < 4.78 is 1.91. The van der Waals surface area contributed by atoms with Gasteiger partial charge >= 0.3 is 0 Å². The molecule has 1 aromatic heterocycles. The van der Waals surface area contributed by atoms with Crippen LogP contribution in [0.2, 0.25) is 0 Å². The van der Waals surface area contributed by atoms with E-state index in [-0.39, 0.29) is 0 Å². The van der Waals surface area contributed by atoms with Gasteiger partial charge in [-0.2, -0.15) is 5.10 Å². The van der Waals surface area contributed by atoms with Gasteiger partial charge in [-0.3, -0.25) is 0 Å². The van der Waals surface area contributed by atoms with Crippen LogP contribution in [-0.4, -0.2) is 14.8 Å². The van der Waals surface area contributed by atoms with Crippen molar-refractivity contribution in [3.63, 3.8) is 0 Å². The molecular formula is C14H17N3S. The van der Waals surface area contributed by atoms with E-state index in [1.807, 2.05) is 23.7 Å². The number of nitrogens with two attached hydrogens (primary N) is 1. The fourth-order valence-corrected chi connectivity index (χ4v) is 2.26. The number of thiocarbonyl (C=S) groups is 1. The molecule has 3 nitrogen and oxygen atoms in total. The Balaban J connectivity index is 2.59. The second-order valence-corrected chi connectivity index (χ2v) is 5.07. The highest BCUT2D eigenvalue weighted by Crippen LogP contribution is 2.24. The normalized spacial score (nSPS) is 10.9. The molecule has 0 amide bonds. The second kappa shape index (κ2) is 4.90. The van der Waals surface area contributed by atoms with Crippen molar-refractivity contribution in [3.8, 4) is 5.69 Å². The number of nitrogens with zero attached hydrogens (tertiary/aromatic N) is 2. The predicted octanol–water partition coefficient (Wildman–Crippen LogP) is 2.94. The molecule has 1 heterocycles. The third-order valence-corrected chi connectivity index (χ3v) is 3.28. The first kappa shape index (κ1) is 12.8. The van der Waals surface area contributed by atoms with E-state index in [1.165, 1.54) is 5.56 Å². The van der Waals surface area contributed by atoms with Gasteiger partial charge in [-0.25, -0.2) is 4.68 Å². The fraction of sp³-hybridized carbons (Fsp3) is 0.286. The zero-order chi connectivity index (χ0) is 13.3. The average Bonchev–Trinajstić information content (AvgIpc) is 2.71. The maximum Gasteiger partial charge on any atom is 0.107 e. The van der Waals surface area contributed by atoms with Crippen molar-refractivity contribution in [3.05, 3.63) is 47.3 Å². The van der Waals surface area contributed by atoms with Gasteiger partial charge in [0.15, 0.2) is 0 Å². The molecule has 0 atom stereocenters. The molecule has 1 aromatic carbocycles. The van der Waals surface area contributed by atoms with Crippen molar-refractivity contribution in [1.29, 1.82) is 0 Å². The molecular weight excluding hydrogens is 242 g/mol. The summed E-state index contributed by atoms with van der Waals surface area (Å²) in [5.41, 5.74) is 9.85. The quantitative estimate of drug-likeness (QED) is 0.862. The molecule has 94 valence electrons. The molecule has 0 aliphatic carbocycles. The molecule has 0 fully saturated rings. The third-order valence-electron chi connectivity index (χ3n) is 3.06. The van der Waals surface area contributed by atoms with E-state index in [9.17, 15) is 0 Å². The van der Waals surface area contributed by atoms with Gasteiger partial charge in [0.25, 0.3) is 0 Å². The van der Waals surface area contributed by atoms with Crippen LogP contribution >= 0.6 is 12.2 Å². The SMILES string of the molecule is Cc1c(C(N)=S)cnn1-c1ccccc1C(C)C. The third kappa shape index (κ3) is 2.16. The number of hydrogen-bond donors (Lipinski definition) is 1. The van der Waals surface area contributed by atoms with Crippen LogP contribution in [-0.2, 0) is 0 Å². The van der Waals surface area contributed by atoms with Gasteiger partial charge in [-0.05, 0) is 24.5 Å². The number of aromatic nitrogens is 2. The number of rotatable bonds is 3. The molecule has 0 unspecified atom stereocenters. The monoisotopic (exact) mass is 259 g/mol. The molecule has 0 bridgehead atoms. The molecule has 0 aliphatic rings. The van der Waals surface area contributed by atoms with E-state index in [4.69, 9.17) is 18.0 Å². The van der Waals surface area contributed by atoms with Crippen LogP contribution in [0.4, 0.5) is 0 Å². The van der Waals surface area contributed by atoms with Gasteiger partial charge in [0.1, 0.15) is 4.99 Å². The van der Waals surface area contributed by atoms with E-state index >= 15 is 0 Å². The maximum absolute atomic E-state index is 5.68. The zero-order valence-corrected chi connectivity index (χ0v) is 11.7. The smallest absolute Gasteiger partial charge is 0.107 e. The van der Waals surface area contributed by atoms with Crippen LogP contribution in [0.3, 0.4) is 0 Å². The van der Waals surface area contributed by atoms with Gasteiger partial charge in [0.2, 0.25) is 0 Å². The highest BCUT2D eigenvalue weighted by atomic mass is 32.1. The highest BCUT2D eigenvalue weighted by molar-refractivity contribution is 7.80. The molecule has 0 spiro atoms. The van der Waals surface area contributed by atoms with Crippen molar-refractivity contribution >= 4 is 17.2 Å². The minimum atomic E-state index is 0.390. The Hall–Kier alpha value is -1.68. The Morgan fingerprint density at radius 1 is 1.33 bits per heavy atom. The van der Waals surface area contributed by atoms with Crippen LogP contribution in [0, 0.1) is 6.92 Å². The first-order chi connectivity index (χ1) is 8.52. The van der Waals surface area contributed by atoms with Crippen molar-refractivity contribution in [2.75, 3.05) is 0 Å². The summed E-state index contributed by atoms with van der Waals surface area (Å²) in [7, 11) is 0. The second-order valence-electron chi connectivity index (χ2n) is 4.63. The molecule has 2 N–H and O–H groups in total. The first-order valence-electron chi connectivity index (χ1n) is 5.96. The van der Waals surface area contributed by atoms with Crippen molar-refractivity contribution in [2.24, 2.45) is 5.73 Å². The van der Waals surface area contributed by atoms with E-state index in [0.29, 0.717) is 10.9 Å². The van der Waals surface area contributed by atoms with E-state index in [1.54, 1.807) is 6.20 Å². The fourth-order valence-electron chi connectivity index (χ4n) is 2.06. The van der Waals surface area contributed by atoms with Crippen molar-refractivity contribution in [2.45, 2.75) is 26.7 Å². The minimum absolute atomic E-state index is 0.390. The molecule has 2 rings (SSSR count). The summed E-state index contributed by atoms with van der Waals surface area (Å²) in [6, 6.07) is 8.26. The molecule has 2 aromatic rings. The largest absolute Gasteiger partial charge is 0.389 e. The Morgan fingerprint density at radius 3 is 2.56 bits per heavy atom. The average molecular weight is 259 g/mol. The first-order valence-corrected chi connectivity index (χ1v) is 6.37. The summed E-state index contributed by atoms with van der Waals surface area (Å²) in [6.07, 6.45) is 1.73. The summed E-state index contributed by atoms with van der Waals surface area (Å²) >= 11 is 5.02. The van der Waals surface area contributed by atoms with Crippen LogP contribution in [0.5, 0.6) is 0 Å². The summed E-state index contributed by atoms with van der Waals surface area (Å²) in [4.78, 5) is 0.390.